The lowest BCUT2D eigenvalue weighted by Crippen LogP contribution is -2.24. The summed E-state index contributed by atoms with van der Waals surface area (Å²) in [5, 5.41) is 12.7. The molecule has 1 N–H and O–H groups in total. The van der Waals surface area contributed by atoms with Gasteiger partial charge in [0.05, 0.1) is 11.2 Å². The number of amides is 1. The molecule has 0 aliphatic carbocycles. The first-order valence-corrected chi connectivity index (χ1v) is 7.39. The fourth-order valence-corrected chi connectivity index (χ4v) is 2.44. The SMILES string of the molecule is CC(=NNC(=O)Cn1nnc2ccccc21)c1ccccc1Cl. The van der Waals surface area contributed by atoms with Crippen LogP contribution in [0.5, 0.6) is 0 Å². The van der Waals surface area contributed by atoms with E-state index in [2.05, 4.69) is 20.8 Å². The number of halogens is 1. The van der Waals surface area contributed by atoms with Crippen LogP contribution in [0.4, 0.5) is 0 Å². The minimum atomic E-state index is -0.285. The van der Waals surface area contributed by atoms with Gasteiger partial charge in [0.2, 0.25) is 0 Å². The van der Waals surface area contributed by atoms with E-state index in [9.17, 15) is 4.79 Å². The quantitative estimate of drug-likeness (QED) is 0.591. The van der Waals surface area contributed by atoms with Crippen molar-refractivity contribution < 1.29 is 4.79 Å². The van der Waals surface area contributed by atoms with Crippen LogP contribution in [0.2, 0.25) is 5.02 Å². The zero-order valence-corrected chi connectivity index (χ0v) is 13.2. The molecule has 0 saturated carbocycles. The van der Waals surface area contributed by atoms with Crippen LogP contribution in [0.1, 0.15) is 12.5 Å². The highest BCUT2D eigenvalue weighted by atomic mass is 35.5. The van der Waals surface area contributed by atoms with Crippen molar-refractivity contribution in [3.63, 3.8) is 0 Å². The molecule has 116 valence electrons. The van der Waals surface area contributed by atoms with Gasteiger partial charge in [-0.15, -0.1) is 5.10 Å². The lowest BCUT2D eigenvalue weighted by Gasteiger charge is -2.05. The van der Waals surface area contributed by atoms with E-state index in [0.717, 1.165) is 16.6 Å². The van der Waals surface area contributed by atoms with Gasteiger partial charge in [-0.2, -0.15) is 5.10 Å². The van der Waals surface area contributed by atoms with Crippen LogP contribution in [0.3, 0.4) is 0 Å². The third-order valence-electron chi connectivity index (χ3n) is 3.33. The smallest absolute Gasteiger partial charge is 0.261 e. The molecule has 3 aromatic rings. The number of fused-ring (bicyclic) bond motifs is 1. The summed E-state index contributed by atoms with van der Waals surface area (Å²) in [6, 6.07) is 14.8. The molecule has 0 fully saturated rings. The Balaban J connectivity index is 1.70. The Morgan fingerprint density at radius 1 is 1.22 bits per heavy atom. The molecule has 6 nitrogen and oxygen atoms in total. The summed E-state index contributed by atoms with van der Waals surface area (Å²) in [7, 11) is 0. The van der Waals surface area contributed by atoms with E-state index in [1.807, 2.05) is 42.5 Å². The molecular weight excluding hydrogens is 314 g/mol. The van der Waals surface area contributed by atoms with E-state index in [1.54, 1.807) is 13.0 Å². The van der Waals surface area contributed by atoms with E-state index < -0.39 is 0 Å². The average molecular weight is 328 g/mol. The molecule has 0 spiro atoms. The number of benzene rings is 2. The topological polar surface area (TPSA) is 72.2 Å². The number of hydrogen-bond donors (Lipinski definition) is 1. The first-order chi connectivity index (χ1) is 11.1. The number of nitrogens with one attached hydrogen (secondary N) is 1. The molecule has 1 aromatic heterocycles. The molecule has 1 amide bonds. The molecular formula is C16H14ClN5O. The number of para-hydroxylation sites is 1. The van der Waals surface area contributed by atoms with Crippen molar-refractivity contribution >= 4 is 34.3 Å². The Hall–Kier alpha value is -2.73. The Morgan fingerprint density at radius 2 is 1.96 bits per heavy atom. The molecule has 7 heteroatoms. The molecule has 0 atom stereocenters. The molecule has 2 aromatic carbocycles. The zero-order chi connectivity index (χ0) is 16.2. The normalized spacial score (nSPS) is 11.7. The van der Waals surface area contributed by atoms with Gasteiger partial charge in [-0.05, 0) is 25.1 Å². The summed E-state index contributed by atoms with van der Waals surface area (Å²) in [6.07, 6.45) is 0. The minimum absolute atomic E-state index is 0.0415. The van der Waals surface area contributed by atoms with Crippen molar-refractivity contribution in [3.05, 3.63) is 59.1 Å². The van der Waals surface area contributed by atoms with Crippen molar-refractivity contribution in [2.45, 2.75) is 13.5 Å². The van der Waals surface area contributed by atoms with Crippen LogP contribution in [-0.4, -0.2) is 26.6 Å². The number of carbonyl (C=O) groups is 1. The summed E-state index contributed by atoms with van der Waals surface area (Å²) >= 11 is 6.10. The second-order valence-corrected chi connectivity index (χ2v) is 5.36. The first-order valence-electron chi connectivity index (χ1n) is 7.01. The molecule has 0 saturated heterocycles. The van der Waals surface area contributed by atoms with Crippen molar-refractivity contribution in [3.8, 4) is 0 Å². The zero-order valence-electron chi connectivity index (χ0n) is 12.4. The standard InChI is InChI=1S/C16H14ClN5O/c1-11(12-6-2-3-7-13(12)17)18-20-16(23)10-22-15-9-5-4-8-14(15)19-21-22/h2-9H,10H2,1H3,(H,20,23). The fourth-order valence-electron chi connectivity index (χ4n) is 2.17. The highest BCUT2D eigenvalue weighted by Gasteiger charge is 2.08. The third kappa shape index (κ3) is 3.37. The van der Waals surface area contributed by atoms with Crippen LogP contribution in [0.25, 0.3) is 11.0 Å². The Morgan fingerprint density at radius 3 is 2.78 bits per heavy atom. The summed E-state index contributed by atoms with van der Waals surface area (Å²) in [6.45, 7) is 1.83. The maximum atomic E-state index is 12.0. The summed E-state index contributed by atoms with van der Waals surface area (Å²) in [5.41, 5.74) is 5.47. The second kappa shape index (κ2) is 6.58. The van der Waals surface area contributed by atoms with Gasteiger partial charge in [0.25, 0.3) is 5.91 Å². The lowest BCUT2D eigenvalue weighted by atomic mass is 10.1. The number of carbonyl (C=O) groups excluding carboxylic acids is 1. The van der Waals surface area contributed by atoms with E-state index in [-0.39, 0.29) is 12.5 Å². The van der Waals surface area contributed by atoms with Crippen molar-refractivity contribution in [1.82, 2.24) is 20.4 Å². The van der Waals surface area contributed by atoms with Gasteiger partial charge in [0.1, 0.15) is 12.1 Å². The van der Waals surface area contributed by atoms with Gasteiger partial charge >= 0.3 is 0 Å². The van der Waals surface area contributed by atoms with Gasteiger partial charge in [-0.1, -0.05) is 47.1 Å². The van der Waals surface area contributed by atoms with Crippen molar-refractivity contribution in [1.29, 1.82) is 0 Å². The van der Waals surface area contributed by atoms with Crippen LogP contribution >= 0.6 is 11.6 Å². The average Bonchev–Trinajstić information content (AvgIpc) is 2.96. The van der Waals surface area contributed by atoms with Crippen LogP contribution in [0, 0.1) is 0 Å². The summed E-state index contributed by atoms with van der Waals surface area (Å²) in [4.78, 5) is 12.0. The maximum Gasteiger partial charge on any atom is 0.261 e. The molecule has 0 radical (unpaired) electrons. The van der Waals surface area contributed by atoms with Crippen LogP contribution in [0.15, 0.2) is 53.6 Å². The number of aromatic nitrogens is 3. The van der Waals surface area contributed by atoms with Gasteiger partial charge < -0.3 is 0 Å². The maximum absolute atomic E-state index is 12.0. The number of nitrogens with zero attached hydrogens (tertiary/aromatic N) is 4. The molecule has 3 rings (SSSR count). The Labute approximate surface area is 137 Å². The van der Waals surface area contributed by atoms with Gasteiger partial charge in [0, 0.05) is 10.6 Å². The summed E-state index contributed by atoms with van der Waals surface area (Å²) in [5.74, 6) is -0.285. The molecule has 0 aliphatic heterocycles. The van der Waals surface area contributed by atoms with E-state index in [1.165, 1.54) is 4.68 Å². The predicted molar refractivity (Wildman–Crippen MR) is 89.3 cm³/mol. The van der Waals surface area contributed by atoms with Gasteiger partial charge in [-0.3, -0.25) is 4.79 Å². The van der Waals surface area contributed by atoms with Crippen molar-refractivity contribution in [2.75, 3.05) is 0 Å². The fraction of sp³-hybridized carbons (Fsp3) is 0.125. The largest absolute Gasteiger partial charge is 0.271 e. The Kier molecular flexibility index (Phi) is 4.34. The molecule has 0 bridgehead atoms. The van der Waals surface area contributed by atoms with Crippen LogP contribution in [-0.2, 0) is 11.3 Å². The highest BCUT2D eigenvalue weighted by Crippen LogP contribution is 2.15. The number of hydrogen-bond acceptors (Lipinski definition) is 4. The molecule has 0 unspecified atom stereocenters. The Bertz CT molecular complexity index is 887. The van der Waals surface area contributed by atoms with E-state index >= 15 is 0 Å². The van der Waals surface area contributed by atoms with Crippen molar-refractivity contribution in [2.24, 2.45) is 5.10 Å². The van der Waals surface area contributed by atoms with Gasteiger partial charge in [0.15, 0.2) is 0 Å². The first kappa shape index (κ1) is 15.2. The lowest BCUT2D eigenvalue weighted by molar-refractivity contribution is -0.121. The molecule has 1 heterocycles. The molecule has 0 aliphatic rings. The predicted octanol–water partition coefficient (Wildman–Crippen LogP) is 2.63. The highest BCUT2D eigenvalue weighted by molar-refractivity contribution is 6.34. The number of hydrazone groups is 1. The third-order valence-corrected chi connectivity index (χ3v) is 3.66. The number of rotatable bonds is 4. The monoisotopic (exact) mass is 327 g/mol. The second-order valence-electron chi connectivity index (χ2n) is 4.95. The van der Waals surface area contributed by atoms with Gasteiger partial charge in [-0.25, -0.2) is 10.1 Å². The van der Waals surface area contributed by atoms with E-state index in [4.69, 9.17) is 11.6 Å². The molecule has 23 heavy (non-hydrogen) atoms. The van der Waals surface area contributed by atoms with E-state index in [0.29, 0.717) is 10.7 Å². The van der Waals surface area contributed by atoms with Crippen LogP contribution < -0.4 is 5.43 Å². The minimum Gasteiger partial charge on any atom is -0.271 e. The summed E-state index contributed by atoms with van der Waals surface area (Å²) < 4.78 is 1.53.